The zero-order chi connectivity index (χ0) is 16.7. The van der Waals surface area contributed by atoms with Crippen LogP contribution >= 0.6 is 0 Å². The molecule has 0 saturated carbocycles. The molecular weight excluding hydrogens is 310 g/mol. The predicted molar refractivity (Wildman–Crippen MR) is 91.3 cm³/mol. The molecule has 2 aliphatic heterocycles. The molecule has 4 atom stereocenters. The second-order valence-electron chi connectivity index (χ2n) is 6.42. The number of hydrogen-bond donors (Lipinski definition) is 0. The monoisotopic (exact) mass is 333 g/mol. The molecule has 23 heavy (non-hydrogen) atoms. The summed E-state index contributed by atoms with van der Waals surface area (Å²) in [6.45, 7) is 3.97. The van der Waals surface area contributed by atoms with Crippen molar-refractivity contribution in [3.63, 3.8) is 0 Å². The molecule has 1 aromatic rings. The van der Waals surface area contributed by atoms with E-state index < -0.39 is 11.0 Å². The minimum absolute atomic E-state index is 0.0536. The molecule has 0 aromatic heterocycles. The number of hydrazine groups is 1. The van der Waals surface area contributed by atoms with Crippen LogP contribution < -0.4 is 0 Å². The molecule has 0 spiro atoms. The molecule has 0 N–H and O–H groups in total. The summed E-state index contributed by atoms with van der Waals surface area (Å²) in [6.07, 6.45) is 2.69. The van der Waals surface area contributed by atoms with Crippen LogP contribution in [0.15, 0.2) is 42.1 Å². The van der Waals surface area contributed by atoms with Gasteiger partial charge in [-0.05, 0) is 25.8 Å². The van der Waals surface area contributed by atoms with E-state index in [2.05, 4.69) is 0 Å². The van der Waals surface area contributed by atoms with Crippen LogP contribution in [0.5, 0.6) is 0 Å². The first-order chi connectivity index (χ1) is 10.9. The predicted octanol–water partition coefficient (Wildman–Crippen LogP) is 2.08. The average Bonchev–Trinajstić information content (AvgIpc) is 2.78. The highest BCUT2D eigenvalue weighted by molar-refractivity contribution is 7.84. The minimum Gasteiger partial charge on any atom is -0.300 e. The third-order valence-electron chi connectivity index (χ3n) is 4.53. The highest BCUT2D eigenvalue weighted by atomic mass is 32.2. The van der Waals surface area contributed by atoms with Gasteiger partial charge in [0.1, 0.15) is 17.0 Å². The fourth-order valence-electron chi connectivity index (χ4n) is 3.35. The SMILES string of the molecule is CC1=CN(N(C)C)[C@@H]2C(=O)N([C@@H](C)c3ccccc3)S(=O)[C@@H]2C1. The quantitative estimate of drug-likeness (QED) is 0.849. The topological polar surface area (TPSA) is 43.9 Å². The lowest BCUT2D eigenvalue weighted by atomic mass is 10.0. The van der Waals surface area contributed by atoms with Crippen LogP contribution in [0.1, 0.15) is 31.9 Å². The fourth-order valence-corrected chi connectivity index (χ4v) is 5.23. The summed E-state index contributed by atoms with van der Waals surface area (Å²) in [7, 11) is 2.50. The molecule has 124 valence electrons. The third kappa shape index (κ3) is 2.70. The number of amides is 1. The van der Waals surface area contributed by atoms with Crippen LogP contribution in [0.25, 0.3) is 0 Å². The van der Waals surface area contributed by atoms with Gasteiger partial charge in [-0.2, -0.15) is 0 Å². The van der Waals surface area contributed by atoms with E-state index in [4.69, 9.17) is 0 Å². The molecule has 0 aliphatic carbocycles. The maximum atomic E-state index is 13.0. The van der Waals surface area contributed by atoms with Crippen molar-refractivity contribution in [2.75, 3.05) is 14.1 Å². The van der Waals surface area contributed by atoms with Gasteiger partial charge in [0.2, 0.25) is 0 Å². The molecule has 5 nitrogen and oxygen atoms in total. The van der Waals surface area contributed by atoms with E-state index in [1.165, 1.54) is 0 Å². The molecular formula is C17H23N3O2S. The Morgan fingerprint density at radius 1 is 1.26 bits per heavy atom. The lowest BCUT2D eigenvalue weighted by Gasteiger charge is -2.37. The summed E-state index contributed by atoms with van der Waals surface area (Å²) in [6, 6.07) is 9.22. The Labute approximate surface area is 140 Å². The van der Waals surface area contributed by atoms with Crippen molar-refractivity contribution in [3.05, 3.63) is 47.7 Å². The maximum Gasteiger partial charge on any atom is 0.260 e. The van der Waals surface area contributed by atoms with Gasteiger partial charge in [-0.15, -0.1) is 0 Å². The zero-order valence-electron chi connectivity index (χ0n) is 14.0. The van der Waals surface area contributed by atoms with E-state index in [1.807, 2.05) is 74.5 Å². The van der Waals surface area contributed by atoms with Gasteiger partial charge in [-0.3, -0.25) is 14.1 Å². The minimum atomic E-state index is -1.32. The molecule has 2 heterocycles. The van der Waals surface area contributed by atoms with E-state index in [9.17, 15) is 9.00 Å². The van der Waals surface area contributed by atoms with Crippen molar-refractivity contribution in [1.29, 1.82) is 0 Å². The normalized spacial score (nSPS) is 28.8. The summed E-state index contributed by atoms with van der Waals surface area (Å²) >= 11 is 0. The van der Waals surface area contributed by atoms with Crippen molar-refractivity contribution in [2.45, 2.75) is 37.6 Å². The van der Waals surface area contributed by atoms with Gasteiger partial charge in [-0.25, -0.2) is 9.22 Å². The summed E-state index contributed by atoms with van der Waals surface area (Å²) in [5, 5.41) is 3.63. The van der Waals surface area contributed by atoms with E-state index in [0.29, 0.717) is 6.42 Å². The number of rotatable bonds is 3. The van der Waals surface area contributed by atoms with Gasteiger partial charge in [0, 0.05) is 20.3 Å². The second-order valence-corrected chi connectivity index (χ2v) is 7.97. The summed E-state index contributed by atoms with van der Waals surface area (Å²) < 4.78 is 14.6. The number of benzene rings is 1. The Morgan fingerprint density at radius 2 is 1.91 bits per heavy atom. The molecule has 0 radical (unpaired) electrons. The van der Waals surface area contributed by atoms with Gasteiger partial charge < -0.3 is 0 Å². The number of nitrogens with zero attached hydrogens (tertiary/aromatic N) is 3. The van der Waals surface area contributed by atoms with Crippen molar-refractivity contribution in [3.8, 4) is 0 Å². The number of carbonyl (C=O) groups is 1. The second kappa shape index (κ2) is 6.09. The first-order valence-electron chi connectivity index (χ1n) is 7.83. The van der Waals surface area contributed by atoms with Crippen LogP contribution in [-0.2, 0) is 15.8 Å². The number of carbonyl (C=O) groups excluding carboxylic acids is 1. The maximum absolute atomic E-state index is 13.0. The van der Waals surface area contributed by atoms with Crippen molar-refractivity contribution < 1.29 is 9.00 Å². The van der Waals surface area contributed by atoms with Crippen molar-refractivity contribution >= 4 is 16.9 Å². The Hall–Kier alpha value is -1.66. The number of fused-ring (bicyclic) bond motifs is 1. The van der Waals surface area contributed by atoms with Crippen LogP contribution in [0.2, 0.25) is 0 Å². The van der Waals surface area contributed by atoms with Crippen LogP contribution in [-0.4, -0.2) is 49.8 Å². The van der Waals surface area contributed by atoms with E-state index in [-0.39, 0.29) is 23.2 Å². The van der Waals surface area contributed by atoms with Gasteiger partial charge in [-0.1, -0.05) is 35.9 Å². The molecule has 3 rings (SSSR count). The van der Waals surface area contributed by atoms with Gasteiger partial charge in [0.25, 0.3) is 5.91 Å². The van der Waals surface area contributed by atoms with Gasteiger partial charge >= 0.3 is 0 Å². The summed E-state index contributed by atoms with van der Waals surface area (Å²) in [4.78, 5) is 13.0. The Balaban J connectivity index is 1.95. The Morgan fingerprint density at radius 3 is 2.52 bits per heavy atom. The van der Waals surface area contributed by atoms with Crippen molar-refractivity contribution in [1.82, 2.24) is 14.3 Å². The van der Waals surface area contributed by atoms with Gasteiger partial charge in [0.15, 0.2) is 0 Å². The van der Waals surface area contributed by atoms with E-state index >= 15 is 0 Å². The van der Waals surface area contributed by atoms with E-state index in [0.717, 1.165) is 11.1 Å². The number of allylic oxidation sites excluding steroid dienone is 1. The van der Waals surface area contributed by atoms with Crippen LogP contribution in [0, 0.1) is 0 Å². The Bertz CT molecular complexity index is 659. The standard InChI is InChI=1S/C17H23N3O2S/c1-12-10-15-16(19(11-12)18(3)4)17(21)20(23(15)22)13(2)14-8-6-5-7-9-14/h5-9,11,13,15-16H,10H2,1-4H3/t13-,15+,16-,23?/m0/s1. The highest BCUT2D eigenvalue weighted by Crippen LogP contribution is 2.38. The first-order valence-corrected chi connectivity index (χ1v) is 9.00. The smallest absolute Gasteiger partial charge is 0.260 e. The molecule has 2 aliphatic rings. The molecule has 6 heteroatoms. The largest absolute Gasteiger partial charge is 0.300 e. The first kappa shape index (κ1) is 16.2. The molecule has 0 bridgehead atoms. The average molecular weight is 333 g/mol. The highest BCUT2D eigenvalue weighted by Gasteiger charge is 2.52. The Kier molecular flexibility index (Phi) is 4.29. The third-order valence-corrected chi connectivity index (χ3v) is 6.36. The zero-order valence-corrected chi connectivity index (χ0v) is 14.8. The lowest BCUT2D eigenvalue weighted by molar-refractivity contribution is -0.135. The van der Waals surface area contributed by atoms with Crippen molar-refractivity contribution in [2.24, 2.45) is 0 Å². The van der Waals surface area contributed by atoms with Crippen LogP contribution in [0.3, 0.4) is 0 Å². The van der Waals surface area contributed by atoms with E-state index in [1.54, 1.807) is 4.31 Å². The molecule has 1 unspecified atom stereocenters. The summed E-state index contributed by atoms with van der Waals surface area (Å²) in [5.74, 6) is -0.0536. The fraction of sp³-hybridized carbons (Fsp3) is 0.471. The van der Waals surface area contributed by atoms with Crippen LogP contribution in [0.4, 0.5) is 0 Å². The number of hydrogen-bond acceptors (Lipinski definition) is 4. The lowest BCUT2D eigenvalue weighted by Crippen LogP contribution is -2.51. The molecule has 1 amide bonds. The molecule has 1 saturated heterocycles. The molecule has 1 aromatic carbocycles. The molecule has 1 fully saturated rings. The van der Waals surface area contributed by atoms with Gasteiger partial charge in [0.05, 0.1) is 11.3 Å². The summed E-state index contributed by atoms with van der Waals surface area (Å²) in [5.41, 5.74) is 2.16.